The molecule has 6 rings (SSSR count). The first-order chi connectivity index (χ1) is 21.4. The van der Waals surface area contributed by atoms with Crippen LogP contribution in [0.5, 0.6) is 11.5 Å². The molecule has 0 aliphatic heterocycles. The van der Waals surface area contributed by atoms with Crippen LogP contribution in [0.15, 0.2) is 109 Å². The second kappa shape index (κ2) is 11.9. The van der Waals surface area contributed by atoms with Crippen LogP contribution in [-0.4, -0.2) is 40.4 Å². The van der Waals surface area contributed by atoms with Gasteiger partial charge in [-0.25, -0.2) is 9.59 Å². The summed E-state index contributed by atoms with van der Waals surface area (Å²) >= 11 is 0. The molecular weight excluding hydrogens is 552 g/mol. The number of methoxy groups -OCH3 is 4. The number of carbonyl (C=O) groups is 2. The summed E-state index contributed by atoms with van der Waals surface area (Å²) in [5.74, 6) is 0.751. The van der Waals surface area contributed by atoms with Crippen molar-refractivity contribution in [1.29, 1.82) is 0 Å². The summed E-state index contributed by atoms with van der Waals surface area (Å²) < 4.78 is 21.5. The van der Waals surface area contributed by atoms with Gasteiger partial charge in [-0.2, -0.15) is 0 Å². The second-order valence-corrected chi connectivity index (χ2v) is 10.3. The fourth-order valence-corrected chi connectivity index (χ4v) is 5.67. The van der Waals surface area contributed by atoms with Gasteiger partial charge >= 0.3 is 11.9 Å². The van der Waals surface area contributed by atoms with E-state index in [9.17, 15) is 9.59 Å². The SMILES string of the molecule is COC(=O)c1ccc(-c2ccc3c(-c4c(OC)ccc5cc(-c6ccc(C(=O)OC)cc6)ccc45)c(OC)ccc3c2)cc1. The number of benzene rings is 6. The number of fused-ring (bicyclic) bond motifs is 2. The molecule has 0 amide bonds. The van der Waals surface area contributed by atoms with E-state index in [1.165, 1.54) is 14.2 Å². The summed E-state index contributed by atoms with van der Waals surface area (Å²) in [6.07, 6.45) is 0. The molecule has 6 heteroatoms. The molecule has 44 heavy (non-hydrogen) atoms. The molecule has 0 aliphatic rings. The molecule has 6 nitrogen and oxygen atoms in total. The van der Waals surface area contributed by atoms with Crippen molar-refractivity contribution in [3.05, 3.63) is 120 Å². The number of ether oxygens (including phenoxy) is 4. The molecule has 0 saturated heterocycles. The van der Waals surface area contributed by atoms with Crippen LogP contribution in [0, 0.1) is 0 Å². The quantitative estimate of drug-likeness (QED) is 0.176. The summed E-state index contributed by atoms with van der Waals surface area (Å²) in [6.45, 7) is 0. The van der Waals surface area contributed by atoms with Crippen molar-refractivity contribution in [1.82, 2.24) is 0 Å². The molecule has 0 saturated carbocycles. The van der Waals surface area contributed by atoms with E-state index in [-0.39, 0.29) is 11.9 Å². The Kier molecular flexibility index (Phi) is 7.73. The van der Waals surface area contributed by atoms with Crippen LogP contribution in [0.2, 0.25) is 0 Å². The van der Waals surface area contributed by atoms with Gasteiger partial charge in [0.2, 0.25) is 0 Å². The van der Waals surface area contributed by atoms with Crippen LogP contribution in [0.25, 0.3) is 54.9 Å². The van der Waals surface area contributed by atoms with Gasteiger partial charge in [0, 0.05) is 11.1 Å². The zero-order chi connectivity index (χ0) is 30.8. The molecule has 0 fully saturated rings. The summed E-state index contributed by atoms with van der Waals surface area (Å²) in [4.78, 5) is 23.8. The van der Waals surface area contributed by atoms with Crippen molar-refractivity contribution in [2.24, 2.45) is 0 Å². The molecule has 0 unspecified atom stereocenters. The standard InChI is InChI=1S/C38H30O6/c1-41-33-19-15-29-21-27(23-5-9-25(10-6-23)37(39)43-3)13-17-31(29)35(33)36-32-18-14-28(22-30(32)16-20-34(36)42-2)24-7-11-26(12-8-24)38(40)44-4/h5-22H,1-4H3. The van der Waals surface area contributed by atoms with Gasteiger partial charge in [-0.05, 0) is 92.3 Å². The Morgan fingerprint density at radius 3 is 1.14 bits per heavy atom. The number of hydrogen-bond donors (Lipinski definition) is 0. The maximum atomic E-state index is 11.9. The lowest BCUT2D eigenvalue weighted by molar-refractivity contribution is 0.0592. The zero-order valence-electron chi connectivity index (χ0n) is 24.8. The van der Waals surface area contributed by atoms with Gasteiger partial charge in [0.1, 0.15) is 11.5 Å². The molecule has 218 valence electrons. The first kappa shape index (κ1) is 28.5. The number of carbonyl (C=O) groups excluding carboxylic acids is 2. The number of rotatable bonds is 7. The Bertz CT molecular complexity index is 1880. The summed E-state index contributed by atoms with van der Waals surface area (Å²) in [7, 11) is 6.11. The Balaban J connectivity index is 1.48. The van der Waals surface area contributed by atoms with Crippen molar-refractivity contribution < 1.29 is 28.5 Å². The lowest BCUT2D eigenvalue weighted by atomic mass is 9.90. The third-order valence-corrected chi connectivity index (χ3v) is 7.93. The van der Waals surface area contributed by atoms with Gasteiger partial charge < -0.3 is 18.9 Å². The minimum absolute atomic E-state index is 0.362. The normalized spacial score (nSPS) is 10.9. The molecule has 0 aromatic heterocycles. The summed E-state index contributed by atoms with van der Waals surface area (Å²) in [5.41, 5.74) is 6.93. The maximum Gasteiger partial charge on any atom is 0.337 e. The minimum atomic E-state index is -0.362. The Labute approximate surface area is 255 Å². The monoisotopic (exact) mass is 582 g/mol. The van der Waals surface area contributed by atoms with Crippen LogP contribution in [0.4, 0.5) is 0 Å². The predicted molar refractivity (Wildman–Crippen MR) is 174 cm³/mol. The molecule has 6 aromatic rings. The van der Waals surface area contributed by atoms with Gasteiger partial charge in [-0.3, -0.25) is 0 Å². The summed E-state index contributed by atoms with van der Waals surface area (Å²) in [6, 6.07) is 35.5. The van der Waals surface area contributed by atoms with Crippen LogP contribution in [0.3, 0.4) is 0 Å². The van der Waals surface area contributed by atoms with Crippen molar-refractivity contribution >= 4 is 33.5 Å². The first-order valence-corrected chi connectivity index (χ1v) is 14.0. The van der Waals surface area contributed by atoms with Crippen LogP contribution >= 0.6 is 0 Å². The van der Waals surface area contributed by atoms with Crippen LogP contribution < -0.4 is 9.47 Å². The molecule has 6 aromatic carbocycles. The largest absolute Gasteiger partial charge is 0.496 e. The number of esters is 2. The molecule has 0 radical (unpaired) electrons. The van der Waals surface area contributed by atoms with Gasteiger partial charge in [-0.15, -0.1) is 0 Å². The lowest BCUT2D eigenvalue weighted by Crippen LogP contribution is -2.00. The minimum Gasteiger partial charge on any atom is -0.496 e. The van der Waals surface area contributed by atoms with Crippen molar-refractivity contribution in [3.8, 4) is 44.9 Å². The summed E-state index contributed by atoms with van der Waals surface area (Å²) in [5, 5.41) is 4.12. The van der Waals surface area contributed by atoms with Crippen molar-refractivity contribution in [2.45, 2.75) is 0 Å². The molecule has 0 spiro atoms. The highest BCUT2D eigenvalue weighted by Crippen LogP contribution is 2.46. The van der Waals surface area contributed by atoms with E-state index in [1.807, 2.05) is 36.4 Å². The van der Waals surface area contributed by atoms with Gasteiger partial charge in [0.25, 0.3) is 0 Å². The predicted octanol–water partition coefficient (Wildman–Crippen LogP) is 8.58. The molecule has 0 bridgehead atoms. The molecule has 0 N–H and O–H groups in total. The Hall–Kier alpha value is -5.62. The van der Waals surface area contributed by atoms with Gasteiger partial charge in [0.15, 0.2) is 0 Å². The average Bonchev–Trinajstić information content (AvgIpc) is 3.09. The fraction of sp³-hybridized carbons (Fsp3) is 0.105. The fourth-order valence-electron chi connectivity index (χ4n) is 5.67. The second-order valence-electron chi connectivity index (χ2n) is 10.3. The molecule has 0 aliphatic carbocycles. The van der Waals surface area contributed by atoms with E-state index in [4.69, 9.17) is 18.9 Å². The highest BCUT2D eigenvalue weighted by atomic mass is 16.5. The topological polar surface area (TPSA) is 71.1 Å². The number of hydrogen-bond acceptors (Lipinski definition) is 6. The van der Waals surface area contributed by atoms with E-state index in [0.29, 0.717) is 11.1 Å². The van der Waals surface area contributed by atoms with Crippen molar-refractivity contribution in [3.63, 3.8) is 0 Å². The highest BCUT2D eigenvalue weighted by molar-refractivity contribution is 6.11. The van der Waals surface area contributed by atoms with E-state index in [2.05, 4.69) is 48.5 Å². The van der Waals surface area contributed by atoms with E-state index in [1.54, 1.807) is 38.5 Å². The van der Waals surface area contributed by atoms with E-state index < -0.39 is 0 Å². The van der Waals surface area contributed by atoms with Crippen LogP contribution in [0.1, 0.15) is 20.7 Å². The van der Waals surface area contributed by atoms with Gasteiger partial charge in [-0.1, -0.05) is 60.7 Å². The molecule has 0 heterocycles. The lowest BCUT2D eigenvalue weighted by Gasteiger charge is -2.18. The average molecular weight is 583 g/mol. The first-order valence-electron chi connectivity index (χ1n) is 14.0. The zero-order valence-corrected chi connectivity index (χ0v) is 24.8. The third kappa shape index (κ3) is 5.11. The Morgan fingerprint density at radius 1 is 0.432 bits per heavy atom. The van der Waals surface area contributed by atoms with Gasteiger partial charge in [0.05, 0.1) is 39.6 Å². The maximum absolute atomic E-state index is 11.9. The molecular formula is C38H30O6. The molecule has 0 atom stereocenters. The Morgan fingerprint density at radius 2 is 0.795 bits per heavy atom. The van der Waals surface area contributed by atoms with E-state index >= 15 is 0 Å². The third-order valence-electron chi connectivity index (χ3n) is 7.93. The highest BCUT2D eigenvalue weighted by Gasteiger charge is 2.19. The van der Waals surface area contributed by atoms with Crippen LogP contribution in [-0.2, 0) is 9.47 Å². The van der Waals surface area contributed by atoms with Crippen molar-refractivity contribution in [2.75, 3.05) is 28.4 Å². The smallest absolute Gasteiger partial charge is 0.337 e. The van der Waals surface area contributed by atoms with E-state index in [0.717, 1.165) is 66.4 Å².